The molecule has 0 spiro atoms. The third kappa shape index (κ3) is 18.2. The summed E-state index contributed by atoms with van der Waals surface area (Å²) < 4.78 is 0. The molecule has 0 aliphatic rings. The van der Waals surface area contributed by atoms with Crippen molar-refractivity contribution in [1.29, 1.82) is 10.5 Å². The SMILES string of the molecule is CC.CC.CC.CC.CCC(C)C/C(CSc1cc(C#N)cc(C#N)c1)=C(\C)NC(=O)C(C)C. The Bertz CT molecular complexity index is 723. The second-order valence-electron chi connectivity index (χ2n) is 6.85. The van der Waals surface area contributed by atoms with Crippen molar-refractivity contribution in [3.63, 3.8) is 0 Å². The number of nitrogens with zero attached hydrogens (tertiary/aromatic N) is 2. The predicted octanol–water partition coefficient (Wildman–Crippen LogP) is 9.11. The van der Waals surface area contributed by atoms with Gasteiger partial charge in [-0.25, -0.2) is 0 Å². The molecule has 194 valence electrons. The third-order valence-electron chi connectivity index (χ3n) is 4.23. The van der Waals surface area contributed by atoms with Crippen LogP contribution >= 0.6 is 11.8 Å². The van der Waals surface area contributed by atoms with E-state index >= 15 is 0 Å². The Labute approximate surface area is 216 Å². The molecule has 0 heterocycles. The lowest BCUT2D eigenvalue weighted by Crippen LogP contribution is -2.27. The van der Waals surface area contributed by atoms with E-state index in [0.29, 0.717) is 22.8 Å². The molecule has 0 aliphatic heterocycles. The molecule has 34 heavy (non-hydrogen) atoms. The molecule has 4 nitrogen and oxygen atoms in total. The number of hydrogen-bond donors (Lipinski definition) is 1. The van der Waals surface area contributed by atoms with Gasteiger partial charge in [-0.3, -0.25) is 4.79 Å². The molecule has 5 heteroatoms. The molecule has 1 unspecified atom stereocenters. The maximum absolute atomic E-state index is 12.0. The van der Waals surface area contributed by atoms with Crippen LogP contribution < -0.4 is 5.32 Å². The van der Waals surface area contributed by atoms with Gasteiger partial charge in [-0.15, -0.1) is 11.8 Å². The summed E-state index contributed by atoms with van der Waals surface area (Å²) in [6, 6.07) is 9.39. The molecule has 0 fully saturated rings. The Morgan fingerprint density at radius 2 is 1.35 bits per heavy atom. The zero-order chi connectivity index (χ0) is 27.7. The summed E-state index contributed by atoms with van der Waals surface area (Å²) in [5.41, 5.74) is 3.08. The average Bonchev–Trinajstić information content (AvgIpc) is 2.90. The van der Waals surface area contributed by atoms with Crippen molar-refractivity contribution in [1.82, 2.24) is 5.32 Å². The number of thioether (sulfide) groups is 1. The fraction of sp³-hybridized carbons (Fsp3) is 0.621. The summed E-state index contributed by atoms with van der Waals surface area (Å²) in [6.45, 7) is 26.1. The van der Waals surface area contributed by atoms with Gasteiger partial charge in [-0.05, 0) is 43.0 Å². The topological polar surface area (TPSA) is 76.7 Å². The van der Waals surface area contributed by atoms with Gasteiger partial charge in [-0.1, -0.05) is 89.5 Å². The quantitative estimate of drug-likeness (QED) is 0.369. The zero-order valence-electron chi connectivity index (χ0n) is 24.2. The summed E-state index contributed by atoms with van der Waals surface area (Å²) in [4.78, 5) is 12.9. The minimum atomic E-state index is -0.0621. The molecule has 0 aliphatic carbocycles. The van der Waals surface area contributed by atoms with Crippen LogP contribution in [-0.4, -0.2) is 11.7 Å². The summed E-state index contributed by atoms with van der Waals surface area (Å²) in [7, 11) is 0. The predicted molar refractivity (Wildman–Crippen MR) is 152 cm³/mol. The molecule has 0 saturated carbocycles. The first-order chi connectivity index (χ1) is 16.3. The summed E-state index contributed by atoms with van der Waals surface area (Å²) in [6.07, 6.45) is 1.98. The Morgan fingerprint density at radius 1 is 0.912 bits per heavy atom. The monoisotopic (exact) mass is 489 g/mol. The fourth-order valence-corrected chi connectivity index (χ4v) is 3.38. The molecular formula is C29H51N3OS. The van der Waals surface area contributed by atoms with Gasteiger partial charge in [0.25, 0.3) is 0 Å². The molecule has 1 amide bonds. The molecule has 0 radical (unpaired) electrons. The lowest BCUT2D eigenvalue weighted by atomic mass is 9.98. The fourth-order valence-electron chi connectivity index (χ4n) is 2.28. The van der Waals surface area contributed by atoms with E-state index in [4.69, 9.17) is 10.5 Å². The average molecular weight is 490 g/mol. The van der Waals surface area contributed by atoms with E-state index in [1.807, 2.05) is 76.2 Å². The van der Waals surface area contributed by atoms with Gasteiger partial charge >= 0.3 is 0 Å². The van der Waals surface area contributed by atoms with Crippen LogP contribution in [0.2, 0.25) is 0 Å². The van der Waals surface area contributed by atoms with Crippen molar-refractivity contribution in [2.75, 3.05) is 5.75 Å². The minimum Gasteiger partial charge on any atom is -0.330 e. The zero-order valence-corrected chi connectivity index (χ0v) is 25.0. The number of benzene rings is 1. The highest BCUT2D eigenvalue weighted by atomic mass is 32.2. The Balaban J connectivity index is -0.000000506. The van der Waals surface area contributed by atoms with Gasteiger partial charge in [0.1, 0.15) is 0 Å². The molecule has 0 saturated heterocycles. The smallest absolute Gasteiger partial charge is 0.226 e. The maximum Gasteiger partial charge on any atom is 0.226 e. The number of allylic oxidation sites excluding steroid dienone is 1. The van der Waals surface area contributed by atoms with E-state index in [2.05, 4.69) is 31.3 Å². The molecular weight excluding hydrogens is 438 g/mol. The third-order valence-corrected chi connectivity index (χ3v) is 5.30. The van der Waals surface area contributed by atoms with Crippen LogP contribution in [0.15, 0.2) is 34.4 Å². The number of rotatable bonds is 8. The van der Waals surface area contributed by atoms with Crippen molar-refractivity contribution in [2.24, 2.45) is 11.8 Å². The van der Waals surface area contributed by atoms with Crippen LogP contribution in [0.5, 0.6) is 0 Å². The van der Waals surface area contributed by atoms with Crippen LogP contribution in [0.3, 0.4) is 0 Å². The van der Waals surface area contributed by atoms with Gasteiger partial charge < -0.3 is 5.32 Å². The molecule has 1 rings (SSSR count). The van der Waals surface area contributed by atoms with Gasteiger partial charge in [-0.2, -0.15) is 10.5 Å². The van der Waals surface area contributed by atoms with Crippen molar-refractivity contribution in [3.05, 3.63) is 40.6 Å². The second kappa shape index (κ2) is 27.0. The first kappa shape index (κ1) is 39.0. The van der Waals surface area contributed by atoms with Gasteiger partial charge in [0.2, 0.25) is 5.91 Å². The summed E-state index contributed by atoms with van der Waals surface area (Å²) >= 11 is 1.59. The molecule has 1 aromatic rings. The van der Waals surface area contributed by atoms with Crippen molar-refractivity contribution >= 4 is 17.7 Å². The van der Waals surface area contributed by atoms with E-state index < -0.39 is 0 Å². The van der Waals surface area contributed by atoms with Crippen LogP contribution in [0.1, 0.15) is 114 Å². The van der Waals surface area contributed by atoms with Crippen molar-refractivity contribution in [3.8, 4) is 12.1 Å². The van der Waals surface area contributed by atoms with Gasteiger partial charge in [0.05, 0.1) is 23.3 Å². The van der Waals surface area contributed by atoms with E-state index in [0.717, 1.165) is 23.4 Å². The first-order valence-corrected chi connectivity index (χ1v) is 13.9. The molecule has 1 N–H and O–H groups in total. The highest BCUT2D eigenvalue weighted by Crippen LogP contribution is 2.27. The van der Waals surface area contributed by atoms with Crippen LogP contribution in [0.4, 0.5) is 0 Å². The second-order valence-corrected chi connectivity index (χ2v) is 7.90. The Hall–Kier alpha value is -2.24. The lowest BCUT2D eigenvalue weighted by molar-refractivity contribution is -0.123. The number of nitrogens with one attached hydrogen (secondary N) is 1. The van der Waals surface area contributed by atoms with Crippen LogP contribution in [-0.2, 0) is 4.79 Å². The number of carbonyl (C=O) groups is 1. The number of hydrogen-bond acceptors (Lipinski definition) is 4. The molecule has 1 aromatic carbocycles. The maximum atomic E-state index is 12.0. The normalized spacial score (nSPS) is 10.5. The summed E-state index contributed by atoms with van der Waals surface area (Å²) in [5.74, 6) is 1.20. The van der Waals surface area contributed by atoms with Gasteiger partial charge in [0.15, 0.2) is 0 Å². The Kier molecular flexibility index (Phi) is 31.0. The molecule has 1 atom stereocenters. The highest BCUT2D eigenvalue weighted by molar-refractivity contribution is 7.99. The van der Waals surface area contributed by atoms with Crippen molar-refractivity contribution in [2.45, 2.75) is 108 Å². The van der Waals surface area contributed by atoms with Gasteiger partial charge in [0, 0.05) is 22.3 Å². The number of nitriles is 2. The number of carbonyl (C=O) groups excluding carboxylic acids is 1. The van der Waals surface area contributed by atoms with E-state index in [-0.39, 0.29) is 11.8 Å². The molecule has 0 aromatic heterocycles. The van der Waals surface area contributed by atoms with E-state index in [1.54, 1.807) is 30.0 Å². The summed E-state index contributed by atoms with van der Waals surface area (Å²) in [5, 5.41) is 21.3. The standard InChI is InChI=1S/C21H27N3OS.4C2H6/c1-6-15(4)7-19(16(5)24-21(25)14(2)3)13-26-20-9-17(11-22)8-18(10-20)12-23;4*1-2/h8-10,14-15H,6-7,13H2,1-5H3,(H,24,25);4*1-2H3/b19-16-;;;;. The highest BCUT2D eigenvalue weighted by Gasteiger charge is 2.13. The lowest BCUT2D eigenvalue weighted by Gasteiger charge is -2.18. The Morgan fingerprint density at radius 3 is 1.71 bits per heavy atom. The van der Waals surface area contributed by atoms with E-state index in [1.165, 1.54) is 5.57 Å². The molecule has 0 bridgehead atoms. The first-order valence-electron chi connectivity index (χ1n) is 12.9. The number of amides is 1. The van der Waals surface area contributed by atoms with Crippen molar-refractivity contribution < 1.29 is 4.79 Å². The van der Waals surface area contributed by atoms with E-state index in [9.17, 15) is 4.79 Å². The van der Waals surface area contributed by atoms with Crippen LogP contribution in [0.25, 0.3) is 0 Å². The van der Waals surface area contributed by atoms with Crippen LogP contribution in [0, 0.1) is 34.5 Å². The largest absolute Gasteiger partial charge is 0.330 e. The minimum absolute atomic E-state index is 0.0207.